The highest BCUT2D eigenvalue weighted by atomic mass is 79.9. The fourth-order valence-electron chi connectivity index (χ4n) is 2.42. The van der Waals surface area contributed by atoms with E-state index in [2.05, 4.69) is 50.5 Å². The van der Waals surface area contributed by atoms with Gasteiger partial charge in [-0.1, -0.05) is 22.0 Å². The highest BCUT2D eigenvalue weighted by molar-refractivity contribution is 9.10. The van der Waals surface area contributed by atoms with E-state index in [1.165, 1.54) is 17.4 Å². The zero-order chi connectivity index (χ0) is 11.0. The molecule has 0 amide bonds. The normalized spacial score (nSPS) is 20.4. The highest BCUT2D eigenvalue weighted by Gasteiger charge is 2.18. The highest BCUT2D eigenvalue weighted by Crippen LogP contribution is 2.29. The van der Waals surface area contributed by atoms with E-state index in [0.717, 1.165) is 23.1 Å². The summed E-state index contributed by atoms with van der Waals surface area (Å²) in [5, 5.41) is 4.71. The van der Waals surface area contributed by atoms with E-state index in [1.807, 2.05) is 6.20 Å². The van der Waals surface area contributed by atoms with Crippen LogP contribution in [0.5, 0.6) is 0 Å². The van der Waals surface area contributed by atoms with Crippen LogP contribution in [-0.4, -0.2) is 18.1 Å². The lowest BCUT2D eigenvalue weighted by Crippen LogP contribution is -2.08. The number of pyridine rings is 1. The molecule has 2 heterocycles. The summed E-state index contributed by atoms with van der Waals surface area (Å²) in [6, 6.07) is 8.51. The molecule has 1 saturated heterocycles. The number of benzene rings is 1. The summed E-state index contributed by atoms with van der Waals surface area (Å²) < 4.78 is 1.09. The fraction of sp³-hybridized carbons (Fsp3) is 0.308. The zero-order valence-electron chi connectivity index (χ0n) is 8.91. The van der Waals surface area contributed by atoms with Crippen LogP contribution >= 0.6 is 15.9 Å². The van der Waals surface area contributed by atoms with Crippen LogP contribution in [0.1, 0.15) is 17.9 Å². The third-order valence-electron chi connectivity index (χ3n) is 3.24. The van der Waals surface area contributed by atoms with Crippen LogP contribution in [0.4, 0.5) is 0 Å². The van der Waals surface area contributed by atoms with Gasteiger partial charge in [-0.3, -0.25) is 4.98 Å². The van der Waals surface area contributed by atoms with Gasteiger partial charge in [-0.05, 0) is 42.6 Å². The third-order valence-corrected chi connectivity index (χ3v) is 3.73. The molecule has 1 aromatic heterocycles. The van der Waals surface area contributed by atoms with Gasteiger partial charge in [0.15, 0.2) is 0 Å². The van der Waals surface area contributed by atoms with Crippen molar-refractivity contribution < 1.29 is 0 Å². The van der Waals surface area contributed by atoms with Crippen molar-refractivity contribution in [3.05, 3.63) is 40.5 Å². The Hall–Kier alpha value is -0.930. The number of halogens is 1. The summed E-state index contributed by atoms with van der Waals surface area (Å²) in [6.45, 7) is 2.22. The van der Waals surface area contributed by atoms with E-state index >= 15 is 0 Å². The van der Waals surface area contributed by atoms with Crippen molar-refractivity contribution in [1.29, 1.82) is 0 Å². The predicted molar refractivity (Wildman–Crippen MR) is 69.7 cm³/mol. The minimum atomic E-state index is 0.645. The standard InChI is InChI=1S/C13H13BrN2/c14-10-1-2-12-11(9-3-5-15-8-9)4-6-16-13(12)7-10/h1-2,4,6-7,9,15H,3,5,8H2. The molecule has 1 fully saturated rings. The van der Waals surface area contributed by atoms with Crippen molar-refractivity contribution in [1.82, 2.24) is 10.3 Å². The van der Waals surface area contributed by atoms with Crippen LogP contribution in [0.2, 0.25) is 0 Å². The molecule has 2 nitrogen and oxygen atoms in total. The molecular formula is C13H13BrN2. The first kappa shape index (κ1) is 10.2. The maximum Gasteiger partial charge on any atom is 0.0716 e. The zero-order valence-corrected chi connectivity index (χ0v) is 10.5. The molecule has 1 aliphatic heterocycles. The first-order valence-corrected chi connectivity index (χ1v) is 6.39. The van der Waals surface area contributed by atoms with Crippen LogP contribution in [0.15, 0.2) is 34.9 Å². The minimum absolute atomic E-state index is 0.645. The molecule has 2 aromatic rings. The van der Waals surface area contributed by atoms with E-state index in [0.29, 0.717) is 5.92 Å². The van der Waals surface area contributed by atoms with Gasteiger partial charge in [0, 0.05) is 22.6 Å². The Morgan fingerprint density at radius 2 is 2.25 bits per heavy atom. The van der Waals surface area contributed by atoms with E-state index in [-0.39, 0.29) is 0 Å². The second-order valence-electron chi connectivity index (χ2n) is 4.25. The van der Waals surface area contributed by atoms with Gasteiger partial charge in [0.25, 0.3) is 0 Å². The Labute approximate surface area is 103 Å². The minimum Gasteiger partial charge on any atom is -0.316 e. The van der Waals surface area contributed by atoms with Crippen molar-refractivity contribution in [2.45, 2.75) is 12.3 Å². The Balaban J connectivity index is 2.16. The molecular weight excluding hydrogens is 264 g/mol. The van der Waals surface area contributed by atoms with E-state index in [1.54, 1.807) is 0 Å². The average Bonchev–Trinajstić information content (AvgIpc) is 2.81. The Morgan fingerprint density at radius 1 is 1.31 bits per heavy atom. The molecule has 0 spiro atoms. The quantitative estimate of drug-likeness (QED) is 0.866. The smallest absolute Gasteiger partial charge is 0.0716 e. The molecule has 0 saturated carbocycles. The van der Waals surface area contributed by atoms with Gasteiger partial charge in [0.1, 0.15) is 0 Å². The van der Waals surface area contributed by atoms with Crippen LogP contribution < -0.4 is 5.32 Å². The summed E-state index contributed by atoms with van der Waals surface area (Å²) in [6.07, 6.45) is 3.15. The first-order chi connectivity index (χ1) is 7.84. The molecule has 3 heteroatoms. The second-order valence-corrected chi connectivity index (χ2v) is 5.17. The van der Waals surface area contributed by atoms with Gasteiger partial charge in [0.05, 0.1) is 5.52 Å². The number of aromatic nitrogens is 1. The molecule has 1 atom stereocenters. The SMILES string of the molecule is Brc1ccc2c(C3CCNC3)ccnc2c1. The topological polar surface area (TPSA) is 24.9 Å². The first-order valence-electron chi connectivity index (χ1n) is 5.59. The number of hydrogen-bond acceptors (Lipinski definition) is 2. The summed E-state index contributed by atoms with van der Waals surface area (Å²) >= 11 is 3.49. The van der Waals surface area contributed by atoms with Crippen LogP contribution in [0.3, 0.4) is 0 Å². The van der Waals surface area contributed by atoms with Crippen molar-refractivity contribution in [2.24, 2.45) is 0 Å². The molecule has 1 unspecified atom stereocenters. The Bertz CT molecular complexity index is 518. The van der Waals surface area contributed by atoms with E-state index < -0.39 is 0 Å². The number of nitrogens with zero attached hydrogens (tertiary/aromatic N) is 1. The lowest BCUT2D eigenvalue weighted by molar-refractivity contribution is 0.769. The Morgan fingerprint density at radius 3 is 3.06 bits per heavy atom. The number of rotatable bonds is 1. The molecule has 82 valence electrons. The summed E-state index contributed by atoms with van der Waals surface area (Å²) in [7, 11) is 0. The van der Waals surface area contributed by atoms with Gasteiger partial charge < -0.3 is 5.32 Å². The predicted octanol–water partition coefficient (Wildman–Crippen LogP) is 3.07. The van der Waals surface area contributed by atoms with Gasteiger partial charge in [0.2, 0.25) is 0 Å². The van der Waals surface area contributed by atoms with Gasteiger partial charge >= 0.3 is 0 Å². The molecule has 16 heavy (non-hydrogen) atoms. The summed E-state index contributed by atoms with van der Waals surface area (Å²) in [4.78, 5) is 4.42. The summed E-state index contributed by atoms with van der Waals surface area (Å²) in [5.74, 6) is 0.645. The van der Waals surface area contributed by atoms with Gasteiger partial charge in [-0.2, -0.15) is 0 Å². The monoisotopic (exact) mass is 276 g/mol. The lowest BCUT2D eigenvalue weighted by atomic mass is 9.95. The van der Waals surface area contributed by atoms with E-state index in [4.69, 9.17) is 0 Å². The van der Waals surface area contributed by atoms with Crippen LogP contribution in [0, 0.1) is 0 Å². The van der Waals surface area contributed by atoms with Crippen LogP contribution in [0.25, 0.3) is 10.9 Å². The van der Waals surface area contributed by atoms with Crippen molar-refractivity contribution in [3.8, 4) is 0 Å². The molecule has 1 aromatic carbocycles. The molecule has 1 N–H and O–H groups in total. The van der Waals surface area contributed by atoms with Gasteiger partial charge in [-0.15, -0.1) is 0 Å². The van der Waals surface area contributed by atoms with E-state index in [9.17, 15) is 0 Å². The molecule has 1 aliphatic rings. The van der Waals surface area contributed by atoms with Crippen molar-refractivity contribution in [3.63, 3.8) is 0 Å². The molecule has 0 aliphatic carbocycles. The third kappa shape index (κ3) is 1.74. The number of fused-ring (bicyclic) bond motifs is 1. The molecule has 3 rings (SSSR count). The average molecular weight is 277 g/mol. The number of nitrogens with one attached hydrogen (secondary N) is 1. The largest absolute Gasteiger partial charge is 0.316 e. The molecule has 0 bridgehead atoms. The fourth-order valence-corrected chi connectivity index (χ4v) is 2.77. The van der Waals surface area contributed by atoms with Crippen LogP contribution in [-0.2, 0) is 0 Å². The van der Waals surface area contributed by atoms with Crippen molar-refractivity contribution >= 4 is 26.8 Å². The maximum atomic E-state index is 4.42. The summed E-state index contributed by atoms with van der Waals surface area (Å²) in [5.41, 5.74) is 2.52. The number of hydrogen-bond donors (Lipinski definition) is 1. The maximum absolute atomic E-state index is 4.42. The van der Waals surface area contributed by atoms with Crippen molar-refractivity contribution in [2.75, 3.05) is 13.1 Å². The molecule has 0 radical (unpaired) electrons. The lowest BCUT2D eigenvalue weighted by Gasteiger charge is -2.11. The second kappa shape index (κ2) is 4.15. The Kier molecular flexibility index (Phi) is 2.65. The van der Waals surface area contributed by atoms with Gasteiger partial charge in [-0.25, -0.2) is 0 Å².